The predicted molar refractivity (Wildman–Crippen MR) is 74.9 cm³/mol. The summed E-state index contributed by atoms with van der Waals surface area (Å²) in [5.41, 5.74) is 0. The van der Waals surface area contributed by atoms with Gasteiger partial charge in [0.25, 0.3) is 0 Å². The maximum atomic E-state index is 5.73. The first kappa shape index (κ1) is 14.5. The van der Waals surface area contributed by atoms with Crippen molar-refractivity contribution < 1.29 is 0 Å². The first-order valence-electron chi connectivity index (χ1n) is 7.09. The van der Waals surface area contributed by atoms with Crippen molar-refractivity contribution in [3.63, 3.8) is 0 Å². The highest BCUT2D eigenvalue weighted by Gasteiger charge is 2.32. The minimum atomic E-state index is 0.323. The molecule has 98 valence electrons. The van der Waals surface area contributed by atoms with Crippen molar-refractivity contribution in [2.75, 3.05) is 13.1 Å². The molecule has 1 rings (SSSR count). The zero-order valence-electron chi connectivity index (χ0n) is 11.9. The second-order valence-electron chi connectivity index (χ2n) is 5.49. The molecule has 0 aliphatic carbocycles. The highest BCUT2D eigenvalue weighted by molar-refractivity contribution is 5.04. The van der Waals surface area contributed by atoms with Crippen LogP contribution in [0.2, 0.25) is 0 Å². The SMILES string of the molecule is C#CC(CCC)N1CC(CC)NCC1C(C)C. The van der Waals surface area contributed by atoms with Gasteiger partial charge < -0.3 is 5.32 Å². The van der Waals surface area contributed by atoms with Gasteiger partial charge in [-0.05, 0) is 18.8 Å². The van der Waals surface area contributed by atoms with Crippen molar-refractivity contribution in [1.82, 2.24) is 10.2 Å². The lowest BCUT2D eigenvalue weighted by atomic mass is 9.94. The number of nitrogens with zero attached hydrogens (tertiary/aromatic N) is 1. The van der Waals surface area contributed by atoms with E-state index in [4.69, 9.17) is 6.42 Å². The number of hydrogen-bond donors (Lipinski definition) is 1. The van der Waals surface area contributed by atoms with Crippen LogP contribution in [0.4, 0.5) is 0 Å². The van der Waals surface area contributed by atoms with Gasteiger partial charge in [0.05, 0.1) is 6.04 Å². The Morgan fingerprint density at radius 1 is 1.41 bits per heavy atom. The van der Waals surface area contributed by atoms with Crippen LogP contribution in [0.25, 0.3) is 0 Å². The molecule has 0 aromatic rings. The van der Waals surface area contributed by atoms with Crippen LogP contribution in [0, 0.1) is 18.3 Å². The predicted octanol–water partition coefficient (Wildman–Crippen LogP) is 2.50. The van der Waals surface area contributed by atoms with Crippen LogP contribution in [-0.4, -0.2) is 36.1 Å². The van der Waals surface area contributed by atoms with Gasteiger partial charge in [-0.2, -0.15) is 0 Å². The molecule has 0 amide bonds. The van der Waals surface area contributed by atoms with Crippen LogP contribution < -0.4 is 5.32 Å². The minimum Gasteiger partial charge on any atom is -0.311 e. The van der Waals surface area contributed by atoms with E-state index >= 15 is 0 Å². The van der Waals surface area contributed by atoms with Gasteiger partial charge in [-0.3, -0.25) is 4.90 Å². The Morgan fingerprint density at radius 2 is 2.12 bits per heavy atom. The lowest BCUT2D eigenvalue weighted by Gasteiger charge is -2.45. The Kier molecular flexibility index (Phi) is 6.02. The van der Waals surface area contributed by atoms with Gasteiger partial charge in [-0.25, -0.2) is 0 Å². The molecule has 1 heterocycles. The van der Waals surface area contributed by atoms with Crippen LogP contribution in [0.3, 0.4) is 0 Å². The largest absolute Gasteiger partial charge is 0.311 e. The van der Waals surface area contributed by atoms with Crippen molar-refractivity contribution in [3.05, 3.63) is 0 Å². The van der Waals surface area contributed by atoms with Crippen LogP contribution in [0.1, 0.15) is 47.0 Å². The summed E-state index contributed by atoms with van der Waals surface area (Å²) in [6.07, 6.45) is 9.20. The van der Waals surface area contributed by atoms with Gasteiger partial charge in [-0.15, -0.1) is 6.42 Å². The van der Waals surface area contributed by atoms with E-state index < -0.39 is 0 Å². The molecular weight excluding hydrogens is 208 g/mol. The number of terminal acetylenes is 1. The van der Waals surface area contributed by atoms with Crippen LogP contribution >= 0.6 is 0 Å². The van der Waals surface area contributed by atoms with Gasteiger partial charge in [0.1, 0.15) is 0 Å². The molecule has 1 aliphatic rings. The number of rotatable bonds is 5. The monoisotopic (exact) mass is 236 g/mol. The summed E-state index contributed by atoms with van der Waals surface area (Å²) < 4.78 is 0. The maximum absolute atomic E-state index is 5.73. The molecule has 0 aromatic heterocycles. The molecule has 1 saturated heterocycles. The molecule has 3 atom stereocenters. The lowest BCUT2D eigenvalue weighted by molar-refractivity contribution is 0.0720. The van der Waals surface area contributed by atoms with Crippen molar-refractivity contribution in [2.24, 2.45) is 5.92 Å². The molecule has 0 aromatic carbocycles. The minimum absolute atomic E-state index is 0.323. The van der Waals surface area contributed by atoms with Crippen LogP contribution in [-0.2, 0) is 0 Å². The third-order valence-electron chi connectivity index (χ3n) is 3.89. The Morgan fingerprint density at radius 3 is 2.59 bits per heavy atom. The molecular formula is C15H28N2. The second kappa shape index (κ2) is 7.03. The van der Waals surface area contributed by atoms with E-state index in [-0.39, 0.29) is 0 Å². The fourth-order valence-electron chi connectivity index (χ4n) is 2.73. The second-order valence-corrected chi connectivity index (χ2v) is 5.49. The third-order valence-corrected chi connectivity index (χ3v) is 3.89. The van der Waals surface area contributed by atoms with Crippen LogP contribution in [0.15, 0.2) is 0 Å². The van der Waals surface area contributed by atoms with Crippen molar-refractivity contribution in [2.45, 2.75) is 65.1 Å². The normalized spacial score (nSPS) is 28.0. The first-order chi connectivity index (χ1) is 8.13. The molecule has 0 spiro atoms. The summed E-state index contributed by atoms with van der Waals surface area (Å²) in [6, 6.07) is 1.52. The van der Waals surface area contributed by atoms with Gasteiger partial charge in [0.15, 0.2) is 0 Å². The van der Waals surface area contributed by atoms with E-state index in [1.807, 2.05) is 0 Å². The van der Waals surface area contributed by atoms with Gasteiger partial charge in [0.2, 0.25) is 0 Å². The Bertz CT molecular complexity index is 254. The molecule has 0 radical (unpaired) electrons. The van der Waals surface area contributed by atoms with Gasteiger partial charge in [0, 0.05) is 25.2 Å². The molecule has 1 N–H and O–H groups in total. The molecule has 2 nitrogen and oxygen atoms in total. The summed E-state index contributed by atoms with van der Waals surface area (Å²) in [4.78, 5) is 2.57. The van der Waals surface area contributed by atoms with Gasteiger partial charge >= 0.3 is 0 Å². The first-order valence-corrected chi connectivity index (χ1v) is 7.09. The van der Waals surface area contributed by atoms with Crippen molar-refractivity contribution in [3.8, 4) is 12.3 Å². The lowest BCUT2D eigenvalue weighted by Crippen LogP contribution is -2.60. The van der Waals surface area contributed by atoms with E-state index in [2.05, 4.69) is 43.8 Å². The Balaban J connectivity index is 2.75. The van der Waals surface area contributed by atoms with E-state index in [1.54, 1.807) is 0 Å². The quantitative estimate of drug-likeness (QED) is 0.738. The number of piperazine rings is 1. The summed E-state index contributed by atoms with van der Waals surface area (Å²) in [6.45, 7) is 11.2. The fourth-order valence-corrected chi connectivity index (χ4v) is 2.73. The molecule has 1 fully saturated rings. The summed E-state index contributed by atoms with van der Waals surface area (Å²) in [5, 5.41) is 3.64. The number of hydrogen-bond acceptors (Lipinski definition) is 2. The third kappa shape index (κ3) is 3.72. The Labute approximate surface area is 107 Å². The van der Waals surface area contributed by atoms with E-state index in [0.29, 0.717) is 24.0 Å². The molecule has 3 unspecified atom stereocenters. The average molecular weight is 236 g/mol. The van der Waals surface area contributed by atoms with Crippen molar-refractivity contribution >= 4 is 0 Å². The summed E-state index contributed by atoms with van der Waals surface area (Å²) in [5.74, 6) is 3.66. The molecule has 0 saturated carbocycles. The van der Waals surface area contributed by atoms with Gasteiger partial charge in [-0.1, -0.05) is 40.0 Å². The smallest absolute Gasteiger partial charge is 0.0715 e. The number of nitrogens with one attached hydrogen (secondary N) is 1. The molecule has 1 aliphatic heterocycles. The maximum Gasteiger partial charge on any atom is 0.0715 e. The van der Waals surface area contributed by atoms with Crippen LogP contribution in [0.5, 0.6) is 0 Å². The summed E-state index contributed by atoms with van der Waals surface area (Å²) in [7, 11) is 0. The highest BCUT2D eigenvalue weighted by Crippen LogP contribution is 2.21. The highest BCUT2D eigenvalue weighted by atomic mass is 15.3. The van der Waals surface area contributed by atoms with E-state index in [0.717, 1.165) is 19.5 Å². The topological polar surface area (TPSA) is 15.3 Å². The Hall–Kier alpha value is -0.520. The zero-order valence-corrected chi connectivity index (χ0v) is 11.9. The van der Waals surface area contributed by atoms with E-state index in [1.165, 1.54) is 12.8 Å². The molecule has 17 heavy (non-hydrogen) atoms. The zero-order chi connectivity index (χ0) is 12.8. The molecule has 2 heteroatoms. The van der Waals surface area contributed by atoms with E-state index in [9.17, 15) is 0 Å². The van der Waals surface area contributed by atoms with Crippen molar-refractivity contribution in [1.29, 1.82) is 0 Å². The standard InChI is InChI=1S/C15H28N2/c1-6-9-14(8-3)17-11-13(7-2)16-10-15(17)12(4)5/h3,12-16H,6-7,9-11H2,1-2,4-5H3. The fraction of sp³-hybridized carbons (Fsp3) is 0.867. The molecule has 0 bridgehead atoms. The summed E-state index contributed by atoms with van der Waals surface area (Å²) >= 11 is 0. The average Bonchev–Trinajstić information content (AvgIpc) is 2.35.